The molecule has 30 heavy (non-hydrogen) atoms. The van der Waals surface area contributed by atoms with Gasteiger partial charge >= 0.3 is 0 Å². The average molecular weight is 394 g/mol. The van der Waals surface area contributed by atoms with Crippen LogP contribution in [0.1, 0.15) is 28.9 Å². The fraction of sp³-hybridized carbons (Fsp3) is 0.0769. The third-order valence-electron chi connectivity index (χ3n) is 4.81. The molecule has 0 aliphatic rings. The maximum atomic E-state index is 12.7. The van der Waals surface area contributed by atoms with E-state index in [2.05, 4.69) is 10.3 Å². The Morgan fingerprint density at radius 3 is 2.13 bits per heavy atom. The summed E-state index contributed by atoms with van der Waals surface area (Å²) in [6.07, 6.45) is 3.34. The summed E-state index contributed by atoms with van der Waals surface area (Å²) in [5, 5.41) is 3.03. The molecule has 0 saturated heterocycles. The summed E-state index contributed by atoms with van der Waals surface area (Å²) in [5.41, 5.74) is 3.43. The van der Waals surface area contributed by atoms with E-state index in [1.807, 2.05) is 97.9 Å². The van der Waals surface area contributed by atoms with Crippen molar-refractivity contribution in [3.05, 3.63) is 115 Å². The Labute approximate surface area is 176 Å². The SMILES string of the molecule is C[C@H](NC(=O)c1cncc(-c2ccc(Oc3ccccc3)cc2)c1)c1ccccc1. The molecule has 0 bridgehead atoms. The zero-order valence-electron chi connectivity index (χ0n) is 16.7. The van der Waals surface area contributed by atoms with Crippen LogP contribution in [0.15, 0.2) is 103 Å². The van der Waals surface area contributed by atoms with Crippen LogP contribution < -0.4 is 10.1 Å². The molecule has 4 aromatic rings. The van der Waals surface area contributed by atoms with E-state index < -0.39 is 0 Å². The molecule has 4 nitrogen and oxygen atoms in total. The molecular formula is C26H22N2O2. The van der Waals surface area contributed by atoms with E-state index >= 15 is 0 Å². The van der Waals surface area contributed by atoms with Crippen LogP contribution in [0, 0.1) is 0 Å². The highest BCUT2D eigenvalue weighted by Crippen LogP contribution is 2.26. The highest BCUT2D eigenvalue weighted by molar-refractivity contribution is 5.95. The molecule has 0 aliphatic carbocycles. The highest BCUT2D eigenvalue weighted by Gasteiger charge is 2.12. The Kier molecular flexibility index (Phi) is 5.85. The second-order valence-corrected chi connectivity index (χ2v) is 7.01. The van der Waals surface area contributed by atoms with Crippen LogP contribution in [-0.4, -0.2) is 10.9 Å². The van der Waals surface area contributed by atoms with Crippen molar-refractivity contribution in [2.45, 2.75) is 13.0 Å². The maximum absolute atomic E-state index is 12.7. The second-order valence-electron chi connectivity index (χ2n) is 7.01. The topological polar surface area (TPSA) is 51.2 Å². The standard InChI is InChI=1S/C26H22N2O2/c1-19(20-8-4-2-5-9-20)28-26(29)23-16-22(17-27-18-23)21-12-14-25(15-13-21)30-24-10-6-3-7-11-24/h2-19H,1H3,(H,28,29)/t19-/m0/s1. The fourth-order valence-electron chi connectivity index (χ4n) is 3.17. The molecule has 0 fully saturated rings. The molecule has 4 heteroatoms. The molecule has 1 atom stereocenters. The monoisotopic (exact) mass is 394 g/mol. The van der Waals surface area contributed by atoms with E-state index in [-0.39, 0.29) is 11.9 Å². The maximum Gasteiger partial charge on any atom is 0.253 e. The molecule has 1 heterocycles. The van der Waals surface area contributed by atoms with Gasteiger partial charge in [0.05, 0.1) is 11.6 Å². The van der Waals surface area contributed by atoms with Crippen LogP contribution >= 0.6 is 0 Å². The van der Waals surface area contributed by atoms with Gasteiger partial charge in [-0.2, -0.15) is 0 Å². The lowest BCUT2D eigenvalue weighted by Crippen LogP contribution is -2.26. The van der Waals surface area contributed by atoms with Gasteiger partial charge in [0.25, 0.3) is 5.91 Å². The Balaban J connectivity index is 1.47. The first kappa shape index (κ1) is 19.4. The van der Waals surface area contributed by atoms with Gasteiger partial charge < -0.3 is 10.1 Å². The number of carbonyl (C=O) groups is 1. The Bertz CT molecular complexity index is 1110. The lowest BCUT2D eigenvalue weighted by atomic mass is 10.0. The molecule has 1 aromatic heterocycles. The zero-order valence-corrected chi connectivity index (χ0v) is 16.7. The Morgan fingerprint density at radius 1 is 0.800 bits per heavy atom. The summed E-state index contributed by atoms with van der Waals surface area (Å²) in [7, 11) is 0. The van der Waals surface area contributed by atoms with Gasteiger partial charge in [0.15, 0.2) is 0 Å². The lowest BCUT2D eigenvalue weighted by molar-refractivity contribution is 0.0939. The molecule has 1 amide bonds. The van der Waals surface area contributed by atoms with Gasteiger partial charge in [-0.1, -0.05) is 60.7 Å². The number of nitrogens with one attached hydrogen (secondary N) is 1. The molecule has 0 spiro atoms. The number of nitrogens with zero attached hydrogens (tertiary/aromatic N) is 1. The third kappa shape index (κ3) is 4.73. The van der Waals surface area contributed by atoms with Gasteiger partial charge in [0, 0.05) is 18.0 Å². The number of amides is 1. The molecule has 0 aliphatic heterocycles. The largest absolute Gasteiger partial charge is 0.457 e. The van der Waals surface area contributed by atoms with E-state index in [0.717, 1.165) is 28.2 Å². The van der Waals surface area contributed by atoms with Crippen LogP contribution in [-0.2, 0) is 0 Å². The number of benzene rings is 3. The van der Waals surface area contributed by atoms with E-state index in [1.54, 1.807) is 12.4 Å². The van der Waals surface area contributed by atoms with Crippen LogP contribution in [0.3, 0.4) is 0 Å². The quantitative estimate of drug-likeness (QED) is 0.434. The fourth-order valence-corrected chi connectivity index (χ4v) is 3.17. The number of hydrogen-bond acceptors (Lipinski definition) is 3. The van der Waals surface area contributed by atoms with Crippen molar-refractivity contribution in [2.24, 2.45) is 0 Å². The predicted octanol–water partition coefficient (Wildman–Crippen LogP) is 6.03. The molecule has 1 N–H and O–H groups in total. The minimum absolute atomic E-state index is 0.0863. The van der Waals surface area contributed by atoms with Crippen molar-refractivity contribution >= 4 is 5.91 Å². The minimum atomic E-state index is -0.148. The van der Waals surface area contributed by atoms with Gasteiger partial charge in [0.2, 0.25) is 0 Å². The van der Waals surface area contributed by atoms with Gasteiger partial charge in [-0.3, -0.25) is 9.78 Å². The smallest absolute Gasteiger partial charge is 0.253 e. The van der Waals surface area contributed by atoms with Crippen LogP contribution in [0.25, 0.3) is 11.1 Å². The zero-order chi connectivity index (χ0) is 20.8. The van der Waals surface area contributed by atoms with E-state index in [9.17, 15) is 4.79 Å². The van der Waals surface area contributed by atoms with Crippen molar-refractivity contribution < 1.29 is 9.53 Å². The van der Waals surface area contributed by atoms with Gasteiger partial charge in [-0.25, -0.2) is 0 Å². The molecular weight excluding hydrogens is 372 g/mol. The first-order valence-corrected chi connectivity index (χ1v) is 9.83. The molecule has 0 unspecified atom stereocenters. The Hall–Kier alpha value is -3.92. The number of para-hydroxylation sites is 1. The summed E-state index contributed by atoms with van der Waals surface area (Å²) < 4.78 is 5.84. The first-order chi connectivity index (χ1) is 14.7. The molecule has 0 saturated carbocycles. The van der Waals surface area contributed by atoms with Gasteiger partial charge in [-0.05, 0) is 48.4 Å². The Morgan fingerprint density at radius 2 is 1.43 bits per heavy atom. The number of pyridine rings is 1. The van der Waals surface area contributed by atoms with Crippen molar-refractivity contribution in [3.63, 3.8) is 0 Å². The third-order valence-corrected chi connectivity index (χ3v) is 4.81. The first-order valence-electron chi connectivity index (χ1n) is 9.83. The number of aromatic nitrogens is 1. The summed E-state index contributed by atoms with van der Waals surface area (Å²) >= 11 is 0. The molecule has 4 rings (SSSR count). The van der Waals surface area contributed by atoms with Gasteiger partial charge in [-0.15, -0.1) is 0 Å². The lowest BCUT2D eigenvalue weighted by Gasteiger charge is -2.14. The summed E-state index contributed by atoms with van der Waals surface area (Å²) in [4.78, 5) is 17.0. The number of rotatable bonds is 6. The number of hydrogen-bond donors (Lipinski definition) is 1. The van der Waals surface area contributed by atoms with Crippen molar-refractivity contribution in [3.8, 4) is 22.6 Å². The van der Waals surface area contributed by atoms with Crippen molar-refractivity contribution in [2.75, 3.05) is 0 Å². The molecule has 148 valence electrons. The minimum Gasteiger partial charge on any atom is -0.457 e. The summed E-state index contributed by atoms with van der Waals surface area (Å²) in [6.45, 7) is 1.97. The summed E-state index contributed by atoms with van der Waals surface area (Å²) in [5.74, 6) is 1.39. The normalized spacial score (nSPS) is 11.5. The van der Waals surface area contributed by atoms with Gasteiger partial charge in [0.1, 0.15) is 11.5 Å². The van der Waals surface area contributed by atoms with E-state index in [4.69, 9.17) is 4.74 Å². The van der Waals surface area contributed by atoms with E-state index in [0.29, 0.717) is 5.56 Å². The summed E-state index contributed by atoms with van der Waals surface area (Å²) in [6, 6.07) is 29.0. The average Bonchev–Trinajstić information content (AvgIpc) is 2.81. The molecule has 0 radical (unpaired) electrons. The van der Waals surface area contributed by atoms with Crippen molar-refractivity contribution in [1.29, 1.82) is 0 Å². The predicted molar refractivity (Wildman–Crippen MR) is 119 cm³/mol. The van der Waals surface area contributed by atoms with Crippen LogP contribution in [0.5, 0.6) is 11.5 Å². The molecule has 3 aromatic carbocycles. The number of carbonyl (C=O) groups excluding carboxylic acids is 1. The second kappa shape index (κ2) is 9.05. The van der Waals surface area contributed by atoms with Crippen LogP contribution in [0.2, 0.25) is 0 Å². The van der Waals surface area contributed by atoms with E-state index in [1.165, 1.54) is 0 Å². The van der Waals surface area contributed by atoms with Crippen molar-refractivity contribution in [1.82, 2.24) is 10.3 Å². The number of ether oxygens (including phenoxy) is 1. The van der Waals surface area contributed by atoms with Crippen LogP contribution in [0.4, 0.5) is 0 Å². The highest BCUT2D eigenvalue weighted by atomic mass is 16.5.